The van der Waals surface area contributed by atoms with Crippen LogP contribution in [-0.2, 0) is 17.8 Å². The van der Waals surface area contributed by atoms with Crippen LogP contribution in [0, 0.1) is 0 Å². The Hall–Kier alpha value is -1.07. The summed E-state index contributed by atoms with van der Waals surface area (Å²) in [6, 6.07) is 3.78. The van der Waals surface area contributed by atoms with Crippen LogP contribution >= 0.6 is 15.9 Å². The van der Waals surface area contributed by atoms with E-state index in [1.54, 1.807) is 0 Å². The molecule has 2 heterocycles. The lowest BCUT2D eigenvalue weighted by Crippen LogP contribution is -2.35. The van der Waals surface area contributed by atoms with Crippen molar-refractivity contribution in [2.75, 3.05) is 13.2 Å². The van der Waals surface area contributed by atoms with Gasteiger partial charge in [-0.05, 0) is 37.1 Å². The number of hydrogen-bond donors (Lipinski definition) is 1. The van der Waals surface area contributed by atoms with Crippen LogP contribution in [0.2, 0.25) is 0 Å². The monoisotopic (exact) mass is 325 g/mol. The van der Waals surface area contributed by atoms with Crippen molar-refractivity contribution in [3.8, 4) is 5.75 Å². The van der Waals surface area contributed by atoms with Crippen LogP contribution in [0.25, 0.3) is 0 Å². The molecular weight excluding hydrogens is 310 g/mol. The first-order chi connectivity index (χ1) is 9.15. The molecule has 4 nitrogen and oxygen atoms in total. The first-order valence-corrected chi connectivity index (χ1v) is 7.35. The first kappa shape index (κ1) is 12.9. The third-order valence-electron chi connectivity index (χ3n) is 3.85. The third-order valence-corrected chi connectivity index (χ3v) is 4.31. The van der Waals surface area contributed by atoms with Crippen LogP contribution in [0.1, 0.15) is 24.0 Å². The molecule has 0 amide bonds. The number of nitrogens with zero attached hydrogens (tertiary/aromatic N) is 1. The minimum Gasteiger partial charge on any atom is -0.493 e. The van der Waals surface area contributed by atoms with Gasteiger partial charge in [-0.15, -0.1) is 0 Å². The topological polar surface area (TPSA) is 49.8 Å². The molecule has 0 bridgehead atoms. The summed E-state index contributed by atoms with van der Waals surface area (Å²) in [5, 5.41) is 9.23. The molecule has 0 unspecified atom stereocenters. The van der Waals surface area contributed by atoms with E-state index in [4.69, 9.17) is 4.74 Å². The molecule has 0 spiro atoms. The zero-order valence-electron chi connectivity index (χ0n) is 10.6. The van der Waals surface area contributed by atoms with E-state index in [-0.39, 0.29) is 6.04 Å². The van der Waals surface area contributed by atoms with E-state index >= 15 is 0 Å². The summed E-state index contributed by atoms with van der Waals surface area (Å²) in [4.78, 5) is 13.3. The summed E-state index contributed by atoms with van der Waals surface area (Å²) in [7, 11) is 0. The fourth-order valence-corrected chi connectivity index (χ4v) is 3.53. The molecule has 0 aromatic heterocycles. The molecule has 0 aliphatic carbocycles. The first-order valence-electron chi connectivity index (χ1n) is 6.56. The fraction of sp³-hybridized carbons (Fsp3) is 0.500. The highest BCUT2D eigenvalue weighted by atomic mass is 79.9. The number of halogens is 1. The van der Waals surface area contributed by atoms with Crippen molar-refractivity contribution in [3.63, 3.8) is 0 Å². The highest BCUT2D eigenvalue weighted by Crippen LogP contribution is 2.34. The van der Waals surface area contributed by atoms with Crippen molar-refractivity contribution < 1.29 is 14.6 Å². The summed E-state index contributed by atoms with van der Waals surface area (Å²) < 4.78 is 6.74. The zero-order chi connectivity index (χ0) is 13.4. The van der Waals surface area contributed by atoms with Crippen LogP contribution in [0.3, 0.4) is 0 Å². The minimum absolute atomic E-state index is 0.351. The smallest absolute Gasteiger partial charge is 0.320 e. The van der Waals surface area contributed by atoms with Gasteiger partial charge >= 0.3 is 5.97 Å². The minimum atomic E-state index is -0.718. The maximum atomic E-state index is 11.2. The number of hydrogen-bond acceptors (Lipinski definition) is 3. The molecule has 2 aliphatic rings. The Morgan fingerprint density at radius 2 is 2.37 bits per heavy atom. The molecule has 102 valence electrons. The molecule has 1 aromatic rings. The number of rotatable bonds is 3. The third kappa shape index (κ3) is 2.49. The zero-order valence-corrected chi connectivity index (χ0v) is 12.1. The average Bonchev–Trinajstić information content (AvgIpc) is 2.96. The number of carboxylic acids is 1. The van der Waals surface area contributed by atoms with Gasteiger partial charge in [-0.2, -0.15) is 0 Å². The quantitative estimate of drug-likeness (QED) is 0.927. The second-order valence-electron chi connectivity index (χ2n) is 5.12. The molecular formula is C14H16BrNO3. The number of carbonyl (C=O) groups is 1. The van der Waals surface area contributed by atoms with Crippen molar-refractivity contribution in [2.45, 2.75) is 31.8 Å². The van der Waals surface area contributed by atoms with Crippen LogP contribution in [-0.4, -0.2) is 35.2 Å². The maximum Gasteiger partial charge on any atom is 0.320 e. The Kier molecular flexibility index (Phi) is 3.50. The molecule has 1 aromatic carbocycles. The van der Waals surface area contributed by atoms with E-state index in [2.05, 4.69) is 22.0 Å². The molecule has 1 saturated heterocycles. The summed E-state index contributed by atoms with van der Waals surface area (Å²) >= 11 is 3.52. The molecule has 3 rings (SSSR count). The maximum absolute atomic E-state index is 11.2. The number of likely N-dealkylation sites (tertiary alicyclic amines) is 1. The summed E-state index contributed by atoms with van der Waals surface area (Å²) in [6.45, 7) is 2.22. The predicted octanol–water partition coefficient (Wildman–Crippen LogP) is 2.43. The Bertz CT molecular complexity index is 518. The van der Waals surface area contributed by atoms with Crippen LogP contribution in [0.15, 0.2) is 16.6 Å². The number of ether oxygens (including phenoxy) is 1. The van der Waals surface area contributed by atoms with Gasteiger partial charge in [-0.3, -0.25) is 9.69 Å². The van der Waals surface area contributed by atoms with Gasteiger partial charge in [0.15, 0.2) is 0 Å². The fourth-order valence-electron chi connectivity index (χ4n) is 2.98. The van der Waals surface area contributed by atoms with E-state index in [1.807, 2.05) is 11.0 Å². The van der Waals surface area contributed by atoms with Crippen molar-refractivity contribution in [1.82, 2.24) is 4.90 Å². The molecule has 2 aliphatic heterocycles. The van der Waals surface area contributed by atoms with Gasteiger partial charge in [0, 0.05) is 23.0 Å². The Morgan fingerprint density at radius 3 is 3.16 bits per heavy atom. The van der Waals surface area contributed by atoms with Crippen LogP contribution in [0.4, 0.5) is 0 Å². The number of aliphatic carboxylic acids is 1. The summed E-state index contributed by atoms with van der Waals surface area (Å²) in [6.07, 6.45) is 2.63. The lowest BCUT2D eigenvalue weighted by Gasteiger charge is -2.22. The molecule has 0 radical (unpaired) electrons. The van der Waals surface area contributed by atoms with Gasteiger partial charge in [-0.1, -0.05) is 15.9 Å². The van der Waals surface area contributed by atoms with Gasteiger partial charge < -0.3 is 9.84 Å². The van der Waals surface area contributed by atoms with Crippen LogP contribution in [0.5, 0.6) is 5.75 Å². The van der Waals surface area contributed by atoms with Gasteiger partial charge in [0.1, 0.15) is 11.8 Å². The van der Waals surface area contributed by atoms with E-state index in [9.17, 15) is 9.90 Å². The predicted molar refractivity (Wildman–Crippen MR) is 74.4 cm³/mol. The van der Waals surface area contributed by atoms with E-state index in [1.165, 1.54) is 5.56 Å². The Morgan fingerprint density at radius 1 is 1.53 bits per heavy atom. The number of carboxylic acid groups (broad SMARTS) is 1. The van der Waals surface area contributed by atoms with Crippen molar-refractivity contribution in [1.29, 1.82) is 0 Å². The Labute approximate surface area is 120 Å². The molecule has 19 heavy (non-hydrogen) atoms. The van der Waals surface area contributed by atoms with Crippen LogP contribution < -0.4 is 4.74 Å². The van der Waals surface area contributed by atoms with E-state index < -0.39 is 5.97 Å². The van der Waals surface area contributed by atoms with Gasteiger partial charge in [0.25, 0.3) is 0 Å². The van der Waals surface area contributed by atoms with E-state index in [0.717, 1.165) is 48.2 Å². The second-order valence-corrected chi connectivity index (χ2v) is 6.03. The highest BCUT2D eigenvalue weighted by molar-refractivity contribution is 9.10. The molecule has 1 fully saturated rings. The molecule has 5 heteroatoms. The normalized spacial score (nSPS) is 22.3. The molecule has 1 atom stereocenters. The molecule has 1 N–H and O–H groups in total. The number of fused-ring (bicyclic) bond motifs is 1. The van der Waals surface area contributed by atoms with Crippen molar-refractivity contribution in [3.05, 3.63) is 27.7 Å². The lowest BCUT2D eigenvalue weighted by molar-refractivity contribution is -0.142. The van der Waals surface area contributed by atoms with Gasteiger partial charge in [-0.25, -0.2) is 0 Å². The van der Waals surface area contributed by atoms with E-state index in [0.29, 0.717) is 6.54 Å². The second kappa shape index (κ2) is 5.13. The number of benzene rings is 1. The summed E-state index contributed by atoms with van der Waals surface area (Å²) in [5.74, 6) is 0.240. The Balaban J connectivity index is 1.85. The van der Waals surface area contributed by atoms with Gasteiger partial charge in [0.2, 0.25) is 0 Å². The average molecular weight is 326 g/mol. The van der Waals surface area contributed by atoms with Crippen molar-refractivity contribution >= 4 is 21.9 Å². The lowest BCUT2D eigenvalue weighted by atomic mass is 10.1. The van der Waals surface area contributed by atoms with Gasteiger partial charge in [0.05, 0.1) is 6.61 Å². The summed E-state index contributed by atoms with van der Waals surface area (Å²) in [5.41, 5.74) is 2.31. The standard InChI is InChI=1S/C14H16BrNO3/c15-11-6-9-3-5-19-13(9)10(7-11)8-16-4-1-2-12(16)14(17)18/h6-7,12H,1-5,8H2,(H,17,18)/t12-/m0/s1. The molecule has 0 saturated carbocycles. The van der Waals surface area contributed by atoms with Crippen molar-refractivity contribution in [2.24, 2.45) is 0 Å². The largest absolute Gasteiger partial charge is 0.493 e. The highest BCUT2D eigenvalue weighted by Gasteiger charge is 2.31. The SMILES string of the molecule is O=C(O)[C@@H]1CCCN1Cc1cc(Br)cc2c1OCC2.